The molecule has 2 aliphatic rings. The Labute approximate surface area is 138 Å². The number of imide groups is 1. The second-order valence-corrected chi connectivity index (χ2v) is 6.29. The number of carbonyl (C=O) groups is 3. The lowest BCUT2D eigenvalue weighted by atomic mass is 9.89. The van der Waals surface area contributed by atoms with Crippen molar-refractivity contribution in [3.8, 4) is 0 Å². The van der Waals surface area contributed by atoms with Crippen molar-refractivity contribution in [1.82, 2.24) is 5.32 Å². The summed E-state index contributed by atoms with van der Waals surface area (Å²) in [4.78, 5) is 35.5. The third-order valence-corrected chi connectivity index (χ3v) is 4.75. The Morgan fingerprint density at radius 3 is 2.42 bits per heavy atom. The Balaban J connectivity index is 1.83. The van der Waals surface area contributed by atoms with Gasteiger partial charge in [-0.3, -0.25) is 14.9 Å². The highest BCUT2D eigenvalue weighted by atomic mass is 19.1. The van der Waals surface area contributed by atoms with Gasteiger partial charge in [-0.15, -0.1) is 0 Å². The van der Waals surface area contributed by atoms with Crippen LogP contribution in [-0.2, 0) is 14.4 Å². The fraction of sp³-hybridized carbons (Fsp3) is 0.471. The Bertz CT molecular complexity index is 685. The standard InChI is InChI=1S/C17H18F2N2O3/c18-13-8-15(21-5-3-10(9-22)4-6-21)14(19)7-12(13)11-1-2-16(23)20-17(11)24/h7-11H,1-6H2,(H,20,23,24). The summed E-state index contributed by atoms with van der Waals surface area (Å²) in [6.07, 6.45) is 2.41. The number of hydrogen-bond donors (Lipinski definition) is 1. The van der Waals surface area contributed by atoms with Crippen molar-refractivity contribution in [3.63, 3.8) is 0 Å². The highest BCUT2D eigenvalue weighted by Crippen LogP contribution is 2.32. The maximum Gasteiger partial charge on any atom is 0.234 e. The fourth-order valence-corrected chi connectivity index (χ4v) is 3.33. The number of piperidine rings is 2. The van der Waals surface area contributed by atoms with E-state index in [2.05, 4.69) is 5.32 Å². The largest absolute Gasteiger partial charge is 0.369 e. The molecule has 0 radical (unpaired) electrons. The average Bonchev–Trinajstić information content (AvgIpc) is 2.57. The third-order valence-electron chi connectivity index (χ3n) is 4.75. The average molecular weight is 336 g/mol. The third kappa shape index (κ3) is 3.16. The molecule has 0 bridgehead atoms. The molecule has 1 unspecified atom stereocenters. The quantitative estimate of drug-likeness (QED) is 0.676. The van der Waals surface area contributed by atoms with Crippen LogP contribution < -0.4 is 10.2 Å². The molecule has 2 fully saturated rings. The summed E-state index contributed by atoms with van der Waals surface area (Å²) in [5, 5.41) is 2.15. The summed E-state index contributed by atoms with van der Waals surface area (Å²) in [6.45, 7) is 0.967. The molecular weight excluding hydrogens is 318 g/mol. The van der Waals surface area contributed by atoms with Crippen LogP contribution in [0.3, 0.4) is 0 Å². The van der Waals surface area contributed by atoms with Gasteiger partial charge in [-0.05, 0) is 25.3 Å². The minimum Gasteiger partial charge on any atom is -0.369 e. The second kappa shape index (κ2) is 6.67. The highest BCUT2D eigenvalue weighted by molar-refractivity contribution is 6.01. The summed E-state index contributed by atoms with van der Waals surface area (Å²) >= 11 is 0. The number of hydrogen-bond acceptors (Lipinski definition) is 4. The van der Waals surface area contributed by atoms with Crippen LogP contribution in [-0.4, -0.2) is 31.2 Å². The van der Waals surface area contributed by atoms with Crippen LogP contribution in [0.15, 0.2) is 12.1 Å². The zero-order valence-corrected chi connectivity index (χ0v) is 13.1. The molecule has 1 atom stereocenters. The van der Waals surface area contributed by atoms with Crippen molar-refractivity contribution in [2.24, 2.45) is 5.92 Å². The van der Waals surface area contributed by atoms with Gasteiger partial charge < -0.3 is 9.69 Å². The zero-order chi connectivity index (χ0) is 17.3. The Kier molecular flexibility index (Phi) is 4.59. The Morgan fingerprint density at radius 1 is 1.08 bits per heavy atom. The lowest BCUT2D eigenvalue weighted by Crippen LogP contribution is -2.40. The van der Waals surface area contributed by atoms with Crippen LogP contribution in [0.5, 0.6) is 0 Å². The molecule has 0 spiro atoms. The van der Waals surface area contributed by atoms with Gasteiger partial charge in [0.25, 0.3) is 0 Å². The van der Waals surface area contributed by atoms with Crippen LogP contribution in [0.25, 0.3) is 0 Å². The van der Waals surface area contributed by atoms with Crippen molar-refractivity contribution in [1.29, 1.82) is 0 Å². The number of halogens is 2. The van der Waals surface area contributed by atoms with E-state index >= 15 is 0 Å². The van der Waals surface area contributed by atoms with Crippen molar-refractivity contribution >= 4 is 23.8 Å². The van der Waals surface area contributed by atoms with Gasteiger partial charge >= 0.3 is 0 Å². The number of anilines is 1. The van der Waals surface area contributed by atoms with Gasteiger partial charge in [0, 0.05) is 37.1 Å². The zero-order valence-electron chi connectivity index (χ0n) is 13.1. The van der Waals surface area contributed by atoms with E-state index in [-0.39, 0.29) is 30.0 Å². The SMILES string of the molecule is O=CC1CCN(c2cc(F)c(C3CCC(=O)NC3=O)cc2F)CC1. The maximum atomic E-state index is 14.5. The van der Waals surface area contributed by atoms with Crippen LogP contribution in [0, 0.1) is 17.6 Å². The number of carbonyl (C=O) groups excluding carboxylic acids is 3. The van der Waals surface area contributed by atoms with Gasteiger partial charge in [-0.2, -0.15) is 0 Å². The minimum absolute atomic E-state index is 0.0240. The van der Waals surface area contributed by atoms with E-state index in [1.807, 2.05) is 0 Å². The van der Waals surface area contributed by atoms with E-state index in [9.17, 15) is 23.2 Å². The van der Waals surface area contributed by atoms with Crippen LogP contribution in [0.2, 0.25) is 0 Å². The van der Waals surface area contributed by atoms with Crippen molar-refractivity contribution in [2.45, 2.75) is 31.6 Å². The summed E-state index contributed by atoms with van der Waals surface area (Å²) in [5.74, 6) is -3.13. The van der Waals surface area contributed by atoms with Crippen LogP contribution in [0.4, 0.5) is 14.5 Å². The van der Waals surface area contributed by atoms with Gasteiger partial charge in [0.2, 0.25) is 11.8 Å². The van der Waals surface area contributed by atoms with Crippen molar-refractivity contribution in [3.05, 3.63) is 29.3 Å². The lowest BCUT2D eigenvalue weighted by Gasteiger charge is -2.32. The van der Waals surface area contributed by atoms with Crippen molar-refractivity contribution in [2.75, 3.05) is 18.0 Å². The monoisotopic (exact) mass is 336 g/mol. The predicted octanol–water partition coefficient (Wildman–Crippen LogP) is 1.90. The van der Waals surface area contributed by atoms with Gasteiger partial charge in [-0.1, -0.05) is 0 Å². The van der Waals surface area contributed by atoms with Gasteiger partial charge in [-0.25, -0.2) is 8.78 Å². The Hall–Kier alpha value is -2.31. The molecule has 1 aromatic carbocycles. The molecule has 2 aliphatic heterocycles. The molecular formula is C17H18F2N2O3. The molecule has 7 heteroatoms. The molecule has 2 saturated heterocycles. The number of nitrogens with zero attached hydrogens (tertiary/aromatic N) is 1. The molecule has 0 saturated carbocycles. The molecule has 2 amide bonds. The first kappa shape index (κ1) is 16.5. The molecule has 24 heavy (non-hydrogen) atoms. The minimum atomic E-state index is -0.855. The van der Waals surface area contributed by atoms with Gasteiger partial charge in [0.05, 0.1) is 11.6 Å². The molecule has 5 nitrogen and oxygen atoms in total. The fourth-order valence-electron chi connectivity index (χ4n) is 3.33. The van der Waals surface area contributed by atoms with E-state index in [0.29, 0.717) is 25.9 Å². The van der Waals surface area contributed by atoms with Gasteiger partial charge in [0.15, 0.2) is 0 Å². The smallest absolute Gasteiger partial charge is 0.234 e. The number of benzene rings is 1. The van der Waals surface area contributed by atoms with E-state index < -0.39 is 29.4 Å². The number of aldehydes is 1. The number of nitrogens with one attached hydrogen (secondary N) is 1. The number of rotatable bonds is 3. The molecule has 0 aromatic heterocycles. The topological polar surface area (TPSA) is 66.5 Å². The first-order valence-corrected chi connectivity index (χ1v) is 8.02. The maximum absolute atomic E-state index is 14.5. The van der Waals surface area contributed by atoms with E-state index in [1.165, 1.54) is 0 Å². The Morgan fingerprint density at radius 2 is 1.79 bits per heavy atom. The van der Waals surface area contributed by atoms with E-state index in [1.54, 1.807) is 4.90 Å². The summed E-state index contributed by atoms with van der Waals surface area (Å²) in [7, 11) is 0. The molecule has 1 aromatic rings. The van der Waals surface area contributed by atoms with Crippen molar-refractivity contribution < 1.29 is 23.2 Å². The van der Waals surface area contributed by atoms with E-state index in [4.69, 9.17) is 0 Å². The lowest BCUT2D eigenvalue weighted by molar-refractivity contribution is -0.134. The summed E-state index contributed by atoms with van der Waals surface area (Å²) in [5.41, 5.74) is 0.122. The van der Waals surface area contributed by atoms with Crippen LogP contribution in [0.1, 0.15) is 37.2 Å². The molecule has 3 rings (SSSR count). The van der Waals surface area contributed by atoms with E-state index in [0.717, 1.165) is 18.4 Å². The first-order chi connectivity index (χ1) is 11.5. The van der Waals surface area contributed by atoms with Crippen LogP contribution >= 0.6 is 0 Å². The second-order valence-electron chi connectivity index (χ2n) is 6.29. The summed E-state index contributed by atoms with van der Waals surface area (Å²) < 4.78 is 28.9. The molecule has 1 N–H and O–H groups in total. The predicted molar refractivity (Wildman–Crippen MR) is 82.5 cm³/mol. The summed E-state index contributed by atoms with van der Waals surface area (Å²) in [6, 6.07) is 2.16. The normalized spacial score (nSPS) is 22.4. The molecule has 2 heterocycles. The molecule has 0 aliphatic carbocycles. The molecule has 128 valence electrons. The number of amides is 2. The first-order valence-electron chi connectivity index (χ1n) is 8.02. The highest BCUT2D eigenvalue weighted by Gasteiger charge is 2.31. The van der Waals surface area contributed by atoms with Gasteiger partial charge in [0.1, 0.15) is 17.9 Å².